The Kier molecular flexibility index (Phi) is 4.09. The van der Waals surface area contributed by atoms with E-state index in [1.165, 1.54) is 18.2 Å². The maximum absolute atomic E-state index is 13.4. The summed E-state index contributed by atoms with van der Waals surface area (Å²) in [7, 11) is 0. The molecule has 0 aromatic heterocycles. The molecule has 1 N–H and O–H groups in total. The van der Waals surface area contributed by atoms with Crippen LogP contribution in [-0.4, -0.2) is 0 Å². The lowest BCUT2D eigenvalue weighted by atomic mass is 10.2. The molecule has 0 bridgehead atoms. The molecular weight excluding hydrogens is 326 g/mol. The molecule has 2 aromatic rings. The second kappa shape index (κ2) is 5.61. The van der Waals surface area contributed by atoms with Crippen LogP contribution in [0.5, 0.6) is 0 Å². The van der Waals surface area contributed by atoms with E-state index in [2.05, 4.69) is 21.2 Å². The van der Waals surface area contributed by atoms with Crippen molar-refractivity contribution < 1.29 is 17.6 Å². The van der Waals surface area contributed by atoms with E-state index in [9.17, 15) is 17.6 Å². The van der Waals surface area contributed by atoms with Gasteiger partial charge in [-0.25, -0.2) is 17.6 Å². The fourth-order valence-electron chi connectivity index (χ4n) is 1.53. The summed E-state index contributed by atoms with van der Waals surface area (Å²) in [5.41, 5.74) is 0.357. The van der Waals surface area contributed by atoms with Crippen molar-refractivity contribution in [2.45, 2.75) is 6.54 Å². The van der Waals surface area contributed by atoms with E-state index in [4.69, 9.17) is 0 Å². The zero-order chi connectivity index (χ0) is 14.0. The van der Waals surface area contributed by atoms with Gasteiger partial charge in [0.25, 0.3) is 0 Å². The van der Waals surface area contributed by atoms with Gasteiger partial charge < -0.3 is 5.32 Å². The highest BCUT2D eigenvalue weighted by atomic mass is 79.9. The summed E-state index contributed by atoms with van der Waals surface area (Å²) in [6.07, 6.45) is 0. The average Bonchev–Trinajstić information content (AvgIpc) is 2.36. The molecule has 0 saturated carbocycles. The minimum absolute atomic E-state index is 0.110. The van der Waals surface area contributed by atoms with Gasteiger partial charge in [-0.3, -0.25) is 0 Å². The van der Waals surface area contributed by atoms with Crippen LogP contribution >= 0.6 is 15.9 Å². The summed E-state index contributed by atoms with van der Waals surface area (Å²) in [5, 5.41) is 2.56. The fourth-order valence-corrected chi connectivity index (χ4v) is 1.96. The van der Waals surface area contributed by atoms with Crippen LogP contribution in [0.3, 0.4) is 0 Å². The van der Waals surface area contributed by atoms with E-state index >= 15 is 0 Å². The quantitative estimate of drug-likeness (QED) is 0.638. The lowest BCUT2D eigenvalue weighted by Gasteiger charge is -2.09. The van der Waals surface area contributed by atoms with Crippen molar-refractivity contribution >= 4 is 21.6 Å². The molecule has 0 aliphatic carbocycles. The van der Waals surface area contributed by atoms with Gasteiger partial charge in [0.05, 0.1) is 10.2 Å². The highest BCUT2D eigenvalue weighted by Gasteiger charge is 2.10. The van der Waals surface area contributed by atoms with Crippen LogP contribution < -0.4 is 5.32 Å². The Hall–Kier alpha value is -1.56. The molecule has 0 spiro atoms. The maximum atomic E-state index is 13.4. The minimum Gasteiger partial charge on any atom is -0.378 e. The van der Waals surface area contributed by atoms with Crippen LogP contribution in [0.2, 0.25) is 0 Å². The van der Waals surface area contributed by atoms with Gasteiger partial charge in [-0.05, 0) is 33.6 Å². The molecule has 2 rings (SSSR count). The molecule has 0 saturated heterocycles. The van der Waals surface area contributed by atoms with Crippen molar-refractivity contribution in [3.63, 3.8) is 0 Å². The van der Waals surface area contributed by atoms with Gasteiger partial charge >= 0.3 is 0 Å². The fraction of sp³-hybridized carbons (Fsp3) is 0.0769. The first-order chi connectivity index (χ1) is 8.97. The van der Waals surface area contributed by atoms with Crippen molar-refractivity contribution in [2.75, 3.05) is 5.32 Å². The van der Waals surface area contributed by atoms with Gasteiger partial charge in [-0.2, -0.15) is 0 Å². The van der Waals surface area contributed by atoms with Crippen molar-refractivity contribution in [1.82, 2.24) is 0 Å². The smallest absolute Gasteiger partial charge is 0.182 e. The SMILES string of the molecule is Fc1cc(F)c(F)c(NCc2ccc(F)c(Br)c2)c1. The van der Waals surface area contributed by atoms with E-state index in [0.29, 0.717) is 11.6 Å². The number of anilines is 1. The van der Waals surface area contributed by atoms with Gasteiger partial charge in [-0.1, -0.05) is 6.07 Å². The average molecular weight is 334 g/mol. The number of hydrogen-bond donors (Lipinski definition) is 1. The zero-order valence-electron chi connectivity index (χ0n) is 9.48. The number of halogens is 5. The number of nitrogens with one attached hydrogen (secondary N) is 1. The third-order valence-electron chi connectivity index (χ3n) is 2.46. The normalized spacial score (nSPS) is 10.6. The summed E-state index contributed by atoms with van der Waals surface area (Å²) in [4.78, 5) is 0. The summed E-state index contributed by atoms with van der Waals surface area (Å²) in [6.45, 7) is 0.110. The van der Waals surface area contributed by atoms with E-state index < -0.39 is 23.3 Å². The Labute approximate surface area is 115 Å². The monoisotopic (exact) mass is 333 g/mol. The highest BCUT2D eigenvalue weighted by molar-refractivity contribution is 9.10. The molecule has 0 unspecified atom stereocenters. The predicted molar refractivity (Wildman–Crippen MR) is 67.7 cm³/mol. The summed E-state index contributed by atoms with van der Waals surface area (Å²) >= 11 is 3.01. The van der Waals surface area contributed by atoms with Crippen molar-refractivity contribution in [2.24, 2.45) is 0 Å². The first kappa shape index (κ1) is 13.9. The van der Waals surface area contributed by atoms with Crippen LogP contribution in [0.25, 0.3) is 0 Å². The Morgan fingerprint density at radius 1 is 0.947 bits per heavy atom. The molecule has 0 aliphatic heterocycles. The Bertz CT molecular complexity index is 616. The van der Waals surface area contributed by atoms with Crippen molar-refractivity contribution in [3.05, 3.63) is 63.6 Å². The standard InChI is InChI=1S/C13H8BrF4N/c14-9-3-7(1-2-10(9)16)6-19-12-5-8(15)4-11(17)13(12)18/h1-5,19H,6H2. The van der Waals surface area contributed by atoms with Crippen LogP contribution in [0.1, 0.15) is 5.56 Å². The molecule has 0 heterocycles. The summed E-state index contributed by atoms with van der Waals surface area (Å²) < 4.78 is 52.5. The van der Waals surface area contributed by atoms with E-state index in [0.717, 1.165) is 6.07 Å². The molecule has 0 fully saturated rings. The van der Waals surface area contributed by atoms with Crippen molar-refractivity contribution in [3.8, 4) is 0 Å². The van der Waals surface area contributed by atoms with E-state index in [1.54, 1.807) is 0 Å². The first-order valence-electron chi connectivity index (χ1n) is 5.29. The first-order valence-corrected chi connectivity index (χ1v) is 6.09. The second-order valence-corrected chi connectivity index (χ2v) is 4.71. The lowest BCUT2D eigenvalue weighted by Crippen LogP contribution is -2.04. The Morgan fingerprint density at radius 3 is 2.37 bits per heavy atom. The molecular formula is C13H8BrF4N. The molecule has 0 radical (unpaired) electrons. The Morgan fingerprint density at radius 2 is 1.68 bits per heavy atom. The molecule has 0 atom stereocenters. The van der Waals surface area contributed by atoms with Gasteiger partial charge in [-0.15, -0.1) is 0 Å². The van der Waals surface area contributed by atoms with Crippen molar-refractivity contribution in [1.29, 1.82) is 0 Å². The maximum Gasteiger partial charge on any atom is 0.182 e. The third-order valence-corrected chi connectivity index (χ3v) is 3.07. The number of hydrogen-bond acceptors (Lipinski definition) is 1. The van der Waals surface area contributed by atoms with Crippen LogP contribution in [0.4, 0.5) is 23.2 Å². The highest BCUT2D eigenvalue weighted by Crippen LogP contribution is 2.21. The molecule has 0 amide bonds. The zero-order valence-corrected chi connectivity index (χ0v) is 11.1. The van der Waals surface area contributed by atoms with Crippen LogP contribution in [-0.2, 0) is 6.54 Å². The minimum atomic E-state index is -1.26. The largest absolute Gasteiger partial charge is 0.378 e. The predicted octanol–water partition coefficient (Wildman–Crippen LogP) is 4.62. The molecule has 0 aliphatic rings. The van der Waals surface area contributed by atoms with Crippen LogP contribution in [0, 0.1) is 23.3 Å². The number of benzene rings is 2. The van der Waals surface area contributed by atoms with Gasteiger partial charge in [0.2, 0.25) is 0 Å². The third kappa shape index (κ3) is 3.26. The molecule has 2 aromatic carbocycles. The number of rotatable bonds is 3. The van der Waals surface area contributed by atoms with Gasteiger partial charge in [0, 0.05) is 18.7 Å². The topological polar surface area (TPSA) is 12.0 Å². The van der Waals surface area contributed by atoms with Gasteiger partial charge in [0.1, 0.15) is 11.6 Å². The van der Waals surface area contributed by atoms with E-state index in [-0.39, 0.29) is 16.7 Å². The summed E-state index contributed by atoms with van der Waals surface area (Å²) in [5.74, 6) is -3.71. The van der Waals surface area contributed by atoms with Gasteiger partial charge in [0.15, 0.2) is 11.6 Å². The lowest BCUT2D eigenvalue weighted by molar-refractivity contribution is 0.497. The van der Waals surface area contributed by atoms with E-state index in [1.807, 2.05) is 0 Å². The molecule has 100 valence electrons. The second-order valence-electron chi connectivity index (χ2n) is 3.85. The molecule has 1 nitrogen and oxygen atoms in total. The molecule has 19 heavy (non-hydrogen) atoms. The summed E-state index contributed by atoms with van der Waals surface area (Å²) in [6, 6.07) is 5.55. The molecule has 6 heteroatoms. The van der Waals surface area contributed by atoms with Crippen LogP contribution in [0.15, 0.2) is 34.8 Å². The Balaban J connectivity index is 2.16.